The number of amides is 1. The van der Waals surface area contributed by atoms with E-state index in [0.717, 1.165) is 12.8 Å². The summed E-state index contributed by atoms with van der Waals surface area (Å²) in [6, 6.07) is 5.73. The van der Waals surface area contributed by atoms with Crippen LogP contribution in [0.15, 0.2) is 40.1 Å². The Kier molecular flexibility index (Phi) is 4.03. The molecule has 3 aromatic rings. The van der Waals surface area contributed by atoms with Gasteiger partial charge in [-0.15, -0.1) is 0 Å². The summed E-state index contributed by atoms with van der Waals surface area (Å²) in [7, 11) is 0. The Labute approximate surface area is 157 Å². The molecule has 0 radical (unpaired) electrons. The van der Waals surface area contributed by atoms with Crippen molar-refractivity contribution in [2.75, 3.05) is 5.32 Å². The fourth-order valence-corrected chi connectivity index (χ4v) is 3.08. The average molecular weight is 381 g/mol. The fraction of sp³-hybridized carbons (Fsp3) is 0.222. The molecule has 2 aromatic heterocycles. The molecule has 0 spiro atoms. The third-order valence-corrected chi connectivity index (χ3v) is 4.70. The van der Waals surface area contributed by atoms with Crippen LogP contribution in [-0.2, 0) is 0 Å². The number of pyridine rings is 1. The maximum atomic E-state index is 12.6. The number of carbonyl (C=O) groups is 1. The number of rotatable bonds is 4. The lowest BCUT2D eigenvalue weighted by Gasteiger charge is -2.10. The second kappa shape index (κ2) is 6.41. The van der Waals surface area contributed by atoms with Gasteiger partial charge in [-0.3, -0.25) is 29.3 Å². The standard InChI is InChI=1S/C18H15N5O5/c1-9-13(3-2-4-14(9)23(27)28)20-16(24)10-7-12-15(19-8-10)22(11-5-6-11)18(26)21-17(12)25/h2-4,7-8,11H,5-6H2,1H3,(H,20,24)(H,21,25,26). The van der Waals surface area contributed by atoms with Crippen LogP contribution in [-0.4, -0.2) is 25.4 Å². The number of anilines is 1. The minimum atomic E-state index is -0.620. The van der Waals surface area contributed by atoms with Crippen LogP contribution in [0.2, 0.25) is 0 Å². The predicted octanol–water partition coefficient (Wildman–Crippen LogP) is 1.89. The first-order chi connectivity index (χ1) is 13.4. The summed E-state index contributed by atoms with van der Waals surface area (Å²) >= 11 is 0. The van der Waals surface area contributed by atoms with E-state index in [1.807, 2.05) is 0 Å². The van der Waals surface area contributed by atoms with Gasteiger partial charge in [0.1, 0.15) is 5.65 Å². The van der Waals surface area contributed by atoms with Crippen LogP contribution in [0.5, 0.6) is 0 Å². The van der Waals surface area contributed by atoms with E-state index in [4.69, 9.17) is 0 Å². The maximum absolute atomic E-state index is 12.6. The largest absolute Gasteiger partial charge is 0.330 e. The zero-order chi connectivity index (χ0) is 20.0. The molecule has 1 amide bonds. The summed E-state index contributed by atoms with van der Waals surface area (Å²) in [6.07, 6.45) is 2.94. The van der Waals surface area contributed by atoms with Gasteiger partial charge in [0.2, 0.25) is 0 Å². The van der Waals surface area contributed by atoms with Crippen LogP contribution in [0.4, 0.5) is 11.4 Å². The Hall–Kier alpha value is -3.82. The van der Waals surface area contributed by atoms with E-state index in [1.165, 1.54) is 35.9 Å². The van der Waals surface area contributed by atoms with Crippen molar-refractivity contribution in [2.45, 2.75) is 25.8 Å². The molecule has 142 valence electrons. The van der Waals surface area contributed by atoms with Gasteiger partial charge in [0.15, 0.2) is 0 Å². The van der Waals surface area contributed by atoms with Crippen LogP contribution in [0, 0.1) is 17.0 Å². The lowest BCUT2D eigenvalue weighted by atomic mass is 10.1. The lowest BCUT2D eigenvalue weighted by Crippen LogP contribution is -2.30. The average Bonchev–Trinajstić information content (AvgIpc) is 3.48. The van der Waals surface area contributed by atoms with Gasteiger partial charge < -0.3 is 5.32 Å². The molecule has 0 saturated heterocycles. The third-order valence-electron chi connectivity index (χ3n) is 4.70. The molecule has 1 aliphatic rings. The first-order valence-electron chi connectivity index (χ1n) is 8.56. The molecule has 1 fully saturated rings. The molecule has 1 aromatic carbocycles. The second-order valence-electron chi connectivity index (χ2n) is 6.62. The second-order valence-corrected chi connectivity index (χ2v) is 6.62. The summed E-state index contributed by atoms with van der Waals surface area (Å²) < 4.78 is 1.43. The predicted molar refractivity (Wildman–Crippen MR) is 101 cm³/mol. The Morgan fingerprint density at radius 3 is 2.79 bits per heavy atom. The molecular formula is C18H15N5O5. The van der Waals surface area contributed by atoms with Gasteiger partial charge in [-0.25, -0.2) is 9.78 Å². The van der Waals surface area contributed by atoms with Crippen molar-refractivity contribution >= 4 is 28.3 Å². The van der Waals surface area contributed by atoms with Gasteiger partial charge in [-0.2, -0.15) is 0 Å². The van der Waals surface area contributed by atoms with Crippen LogP contribution >= 0.6 is 0 Å². The minimum Gasteiger partial charge on any atom is -0.321 e. The van der Waals surface area contributed by atoms with Gasteiger partial charge in [0.25, 0.3) is 17.2 Å². The number of nitrogens with zero attached hydrogens (tertiary/aromatic N) is 3. The van der Waals surface area contributed by atoms with E-state index in [-0.39, 0.29) is 34.0 Å². The van der Waals surface area contributed by atoms with Gasteiger partial charge in [-0.1, -0.05) is 6.07 Å². The molecule has 0 atom stereocenters. The monoisotopic (exact) mass is 381 g/mol. The van der Waals surface area contributed by atoms with Crippen LogP contribution in [0.1, 0.15) is 34.8 Å². The van der Waals surface area contributed by atoms with Crippen molar-refractivity contribution in [3.63, 3.8) is 0 Å². The molecule has 10 heteroatoms. The fourth-order valence-electron chi connectivity index (χ4n) is 3.08. The molecule has 28 heavy (non-hydrogen) atoms. The number of carbonyl (C=O) groups excluding carboxylic acids is 1. The Bertz CT molecular complexity index is 1260. The number of benzene rings is 1. The number of hydrogen-bond acceptors (Lipinski definition) is 6. The topological polar surface area (TPSA) is 140 Å². The van der Waals surface area contributed by atoms with E-state index in [1.54, 1.807) is 6.07 Å². The SMILES string of the molecule is Cc1c(NC(=O)c2cnc3c(c2)c(=O)[nH]c(=O)n3C2CC2)cccc1[N+](=O)[O-]. The summed E-state index contributed by atoms with van der Waals surface area (Å²) in [5.74, 6) is -0.568. The number of aromatic nitrogens is 3. The van der Waals surface area contributed by atoms with Crippen molar-refractivity contribution in [2.24, 2.45) is 0 Å². The molecule has 2 heterocycles. The lowest BCUT2D eigenvalue weighted by molar-refractivity contribution is -0.385. The highest BCUT2D eigenvalue weighted by Gasteiger charge is 2.28. The molecular weight excluding hydrogens is 366 g/mol. The van der Waals surface area contributed by atoms with E-state index >= 15 is 0 Å². The highest BCUT2D eigenvalue weighted by atomic mass is 16.6. The molecule has 4 rings (SSSR count). The van der Waals surface area contributed by atoms with Gasteiger partial charge >= 0.3 is 5.69 Å². The third kappa shape index (κ3) is 2.94. The summed E-state index contributed by atoms with van der Waals surface area (Å²) in [4.78, 5) is 53.8. The molecule has 1 saturated carbocycles. The van der Waals surface area contributed by atoms with E-state index in [2.05, 4.69) is 15.3 Å². The number of aromatic amines is 1. The zero-order valence-corrected chi connectivity index (χ0v) is 14.8. The molecule has 10 nitrogen and oxygen atoms in total. The number of fused-ring (bicyclic) bond motifs is 1. The van der Waals surface area contributed by atoms with Crippen molar-refractivity contribution in [1.82, 2.24) is 14.5 Å². The van der Waals surface area contributed by atoms with Crippen molar-refractivity contribution in [3.05, 3.63) is 72.5 Å². The first kappa shape index (κ1) is 17.6. The molecule has 1 aliphatic carbocycles. The minimum absolute atomic E-state index is 0.00606. The molecule has 0 bridgehead atoms. The van der Waals surface area contributed by atoms with Crippen molar-refractivity contribution < 1.29 is 9.72 Å². The Balaban J connectivity index is 1.73. The molecule has 2 N–H and O–H groups in total. The van der Waals surface area contributed by atoms with Crippen LogP contribution in [0.3, 0.4) is 0 Å². The number of nitro groups is 1. The zero-order valence-electron chi connectivity index (χ0n) is 14.8. The number of hydrogen-bond donors (Lipinski definition) is 2. The van der Waals surface area contributed by atoms with Gasteiger partial charge in [-0.05, 0) is 31.9 Å². The summed E-state index contributed by atoms with van der Waals surface area (Å²) in [5, 5.41) is 13.8. The smallest absolute Gasteiger partial charge is 0.321 e. The number of nitro benzene ring substituents is 1. The van der Waals surface area contributed by atoms with Gasteiger partial charge in [0.05, 0.1) is 27.1 Å². The Morgan fingerprint density at radius 1 is 1.36 bits per heavy atom. The molecule has 0 unspecified atom stereocenters. The molecule has 0 aliphatic heterocycles. The van der Waals surface area contributed by atoms with Crippen molar-refractivity contribution in [1.29, 1.82) is 0 Å². The van der Waals surface area contributed by atoms with Gasteiger partial charge in [0, 0.05) is 18.3 Å². The maximum Gasteiger partial charge on any atom is 0.330 e. The first-order valence-corrected chi connectivity index (χ1v) is 8.56. The Morgan fingerprint density at radius 2 is 2.11 bits per heavy atom. The normalized spacial score (nSPS) is 13.5. The summed E-state index contributed by atoms with van der Waals surface area (Å²) in [5.41, 5.74) is -0.308. The quantitative estimate of drug-likeness (QED) is 0.522. The van der Waals surface area contributed by atoms with Crippen LogP contribution < -0.4 is 16.6 Å². The van der Waals surface area contributed by atoms with E-state index in [9.17, 15) is 24.5 Å². The number of nitrogens with one attached hydrogen (secondary N) is 2. The highest BCUT2D eigenvalue weighted by molar-refractivity contribution is 6.06. The van der Waals surface area contributed by atoms with Crippen molar-refractivity contribution in [3.8, 4) is 0 Å². The van der Waals surface area contributed by atoms with E-state index in [0.29, 0.717) is 5.56 Å². The number of H-pyrrole nitrogens is 1. The summed E-state index contributed by atoms with van der Waals surface area (Å²) in [6.45, 7) is 1.53. The van der Waals surface area contributed by atoms with Crippen LogP contribution in [0.25, 0.3) is 11.0 Å². The highest BCUT2D eigenvalue weighted by Crippen LogP contribution is 2.34. The van der Waals surface area contributed by atoms with E-state index < -0.39 is 22.1 Å².